The van der Waals surface area contributed by atoms with Crippen molar-refractivity contribution in [2.24, 2.45) is 10.9 Å². The van der Waals surface area contributed by atoms with Gasteiger partial charge in [-0.3, -0.25) is 4.79 Å². The van der Waals surface area contributed by atoms with Gasteiger partial charge in [0.15, 0.2) is 5.49 Å². The maximum atomic E-state index is 12.1. The number of rotatable bonds is 3. The summed E-state index contributed by atoms with van der Waals surface area (Å²) in [6.07, 6.45) is 14.1. The molecule has 0 saturated heterocycles. The van der Waals surface area contributed by atoms with Crippen LogP contribution < -0.4 is 27.0 Å². The van der Waals surface area contributed by atoms with Gasteiger partial charge in [-0.1, -0.05) is 38.7 Å². The minimum absolute atomic E-state index is 0.0482. The number of fused-ring (bicyclic) bond motifs is 1. The highest BCUT2D eigenvalue weighted by Crippen LogP contribution is 2.22. The number of aromatic nitrogens is 1. The number of nitrogens with zero attached hydrogens (tertiary/aromatic N) is 2. The van der Waals surface area contributed by atoms with E-state index in [0.29, 0.717) is 21.8 Å². The third-order valence-corrected chi connectivity index (χ3v) is 5.55. The molecule has 7 heteroatoms. The highest BCUT2D eigenvalue weighted by Gasteiger charge is 2.15. The van der Waals surface area contributed by atoms with Gasteiger partial charge in [-0.05, 0) is 50.2 Å². The van der Waals surface area contributed by atoms with Crippen LogP contribution in [-0.2, 0) is 0 Å². The highest BCUT2D eigenvalue weighted by molar-refractivity contribution is 6.45. The number of allylic oxidation sites excluding steroid dienone is 1. The van der Waals surface area contributed by atoms with Crippen molar-refractivity contribution in [3.8, 4) is 0 Å². The van der Waals surface area contributed by atoms with E-state index in [-0.39, 0.29) is 11.0 Å². The second-order valence-corrected chi connectivity index (χ2v) is 7.77. The van der Waals surface area contributed by atoms with Crippen molar-refractivity contribution >= 4 is 19.0 Å². The molecular weight excluding hydrogens is 341 g/mol. The van der Waals surface area contributed by atoms with Crippen LogP contribution >= 0.6 is 0 Å². The number of hydrogen-bond donors (Lipinski definition) is 3. The van der Waals surface area contributed by atoms with E-state index in [9.17, 15) is 15.0 Å². The van der Waals surface area contributed by atoms with Crippen molar-refractivity contribution in [1.29, 1.82) is 0 Å². The molecule has 1 saturated carbocycles. The maximum Gasteiger partial charge on any atom is 0.332 e. The zero-order valence-corrected chi connectivity index (χ0v) is 16.0. The second kappa shape index (κ2) is 9.26. The molecule has 0 spiro atoms. The SMILES string of the molecule is CC1CCCCCC(NC2=CCCC=c3cc([B]O)c(=O)n(O)c3=N2)CC1. The van der Waals surface area contributed by atoms with Crippen molar-refractivity contribution in [2.45, 2.75) is 70.8 Å². The van der Waals surface area contributed by atoms with Gasteiger partial charge in [0.25, 0.3) is 5.56 Å². The first-order valence-electron chi connectivity index (χ1n) is 10.1. The minimum atomic E-state index is -0.676. The van der Waals surface area contributed by atoms with Gasteiger partial charge in [-0.2, -0.15) is 0 Å². The van der Waals surface area contributed by atoms with E-state index in [4.69, 9.17) is 0 Å². The molecule has 27 heavy (non-hydrogen) atoms. The van der Waals surface area contributed by atoms with E-state index in [1.807, 2.05) is 12.2 Å². The Morgan fingerprint density at radius 2 is 1.93 bits per heavy atom. The molecule has 2 aliphatic rings. The first kappa shape index (κ1) is 19.7. The molecular formula is C20H29BN3O3. The van der Waals surface area contributed by atoms with Gasteiger partial charge in [0, 0.05) is 16.7 Å². The molecule has 145 valence electrons. The summed E-state index contributed by atoms with van der Waals surface area (Å²) < 4.78 is 0.528. The van der Waals surface area contributed by atoms with Crippen LogP contribution in [0.15, 0.2) is 27.8 Å². The van der Waals surface area contributed by atoms with Gasteiger partial charge < -0.3 is 15.5 Å². The van der Waals surface area contributed by atoms with E-state index in [2.05, 4.69) is 17.2 Å². The van der Waals surface area contributed by atoms with Crippen LogP contribution in [0.3, 0.4) is 0 Å². The topological polar surface area (TPSA) is 86.8 Å². The molecule has 2 heterocycles. The van der Waals surface area contributed by atoms with Gasteiger partial charge in [-0.25, -0.2) is 4.99 Å². The van der Waals surface area contributed by atoms with Crippen molar-refractivity contribution in [1.82, 2.24) is 10.0 Å². The molecule has 0 amide bonds. The molecule has 1 aliphatic heterocycles. The molecule has 2 atom stereocenters. The van der Waals surface area contributed by atoms with Crippen LogP contribution in [-0.4, -0.2) is 28.5 Å². The average molecular weight is 370 g/mol. The lowest BCUT2D eigenvalue weighted by Gasteiger charge is -2.21. The van der Waals surface area contributed by atoms with Crippen LogP contribution in [0.4, 0.5) is 0 Å². The Kier molecular flexibility index (Phi) is 6.77. The quantitative estimate of drug-likeness (QED) is 0.540. The smallest absolute Gasteiger partial charge is 0.332 e. The van der Waals surface area contributed by atoms with Crippen molar-refractivity contribution in [3.63, 3.8) is 0 Å². The average Bonchev–Trinajstić information content (AvgIpc) is 2.74. The third kappa shape index (κ3) is 5.03. The van der Waals surface area contributed by atoms with E-state index < -0.39 is 5.56 Å². The molecule has 3 rings (SSSR count). The zero-order chi connectivity index (χ0) is 19.2. The monoisotopic (exact) mass is 370 g/mol. The van der Waals surface area contributed by atoms with Gasteiger partial charge in [0.05, 0.1) is 0 Å². The van der Waals surface area contributed by atoms with Gasteiger partial charge in [-0.15, -0.1) is 4.73 Å². The lowest BCUT2D eigenvalue weighted by molar-refractivity contribution is 0.162. The fourth-order valence-electron chi connectivity index (χ4n) is 3.89. The Morgan fingerprint density at radius 3 is 2.74 bits per heavy atom. The highest BCUT2D eigenvalue weighted by atomic mass is 16.5. The summed E-state index contributed by atoms with van der Waals surface area (Å²) >= 11 is 0. The third-order valence-electron chi connectivity index (χ3n) is 5.55. The Bertz CT molecular complexity index is 862. The van der Waals surface area contributed by atoms with Crippen LogP contribution in [0, 0.1) is 5.92 Å². The molecule has 1 fully saturated rings. The summed E-state index contributed by atoms with van der Waals surface area (Å²) in [5.41, 5.74) is -0.419. The lowest BCUT2D eigenvalue weighted by atomic mass is 9.90. The number of pyridine rings is 1. The van der Waals surface area contributed by atoms with Crippen LogP contribution in [0.25, 0.3) is 6.08 Å². The number of hydrogen-bond acceptors (Lipinski definition) is 5. The van der Waals surface area contributed by atoms with Crippen molar-refractivity contribution in [3.05, 3.63) is 39.0 Å². The van der Waals surface area contributed by atoms with Crippen molar-refractivity contribution < 1.29 is 10.2 Å². The van der Waals surface area contributed by atoms with Gasteiger partial charge >= 0.3 is 7.48 Å². The normalized spacial score (nSPS) is 23.7. The molecule has 3 N–H and O–H groups in total. The summed E-state index contributed by atoms with van der Waals surface area (Å²) in [6.45, 7) is 2.33. The Hall–Kier alpha value is -2.02. The molecule has 0 bridgehead atoms. The Morgan fingerprint density at radius 1 is 1.15 bits per heavy atom. The van der Waals surface area contributed by atoms with E-state index in [1.54, 1.807) is 6.07 Å². The van der Waals surface area contributed by atoms with E-state index in [1.165, 1.54) is 32.1 Å². The van der Waals surface area contributed by atoms with Crippen LogP contribution in [0.5, 0.6) is 0 Å². The fraction of sp³-hybridized carbons (Fsp3) is 0.600. The van der Waals surface area contributed by atoms with Gasteiger partial charge in [0.2, 0.25) is 0 Å². The molecule has 0 aromatic carbocycles. The first-order valence-corrected chi connectivity index (χ1v) is 10.1. The predicted octanol–water partition coefficient (Wildman–Crippen LogP) is 0.696. The molecule has 6 nitrogen and oxygen atoms in total. The summed E-state index contributed by atoms with van der Waals surface area (Å²) in [5.74, 6) is 1.46. The number of nitrogens with one attached hydrogen (secondary N) is 1. The Labute approximate surface area is 160 Å². The molecule has 1 aromatic rings. The summed E-state index contributed by atoms with van der Waals surface area (Å²) in [7, 11) is 0.718. The van der Waals surface area contributed by atoms with Crippen molar-refractivity contribution in [2.75, 3.05) is 0 Å². The largest absolute Gasteiger partial charge is 0.450 e. The standard InChI is InChI=1S/C20H29BN3O3/c1-14-7-3-2-4-9-16(12-11-14)22-18-10-6-5-8-15-13-17(21-26)20(25)24(27)19(15)23-18/h8,10,13-14,16,22,26-27H,2-7,9,11-12H2,1H3. The molecule has 1 aliphatic carbocycles. The molecule has 1 aromatic heterocycles. The summed E-state index contributed by atoms with van der Waals surface area (Å²) in [6, 6.07) is 1.93. The fourth-order valence-corrected chi connectivity index (χ4v) is 3.89. The Balaban J connectivity index is 1.90. The molecule has 1 radical (unpaired) electrons. The van der Waals surface area contributed by atoms with E-state index >= 15 is 0 Å². The van der Waals surface area contributed by atoms with Crippen LogP contribution in [0.2, 0.25) is 0 Å². The minimum Gasteiger partial charge on any atom is -0.450 e. The maximum absolute atomic E-state index is 12.1. The van der Waals surface area contributed by atoms with Gasteiger partial charge in [0.1, 0.15) is 5.82 Å². The summed E-state index contributed by atoms with van der Waals surface area (Å²) in [4.78, 5) is 16.7. The summed E-state index contributed by atoms with van der Waals surface area (Å²) in [5, 5.41) is 23.7. The second-order valence-electron chi connectivity index (χ2n) is 7.77. The molecule has 2 unspecified atom stereocenters. The lowest BCUT2D eigenvalue weighted by Crippen LogP contribution is -2.52. The van der Waals surface area contributed by atoms with Crippen LogP contribution in [0.1, 0.15) is 64.7 Å². The first-order chi connectivity index (χ1) is 13.1. The zero-order valence-electron chi connectivity index (χ0n) is 16.0. The van der Waals surface area contributed by atoms with E-state index in [0.717, 1.165) is 39.1 Å². The predicted molar refractivity (Wildman–Crippen MR) is 106 cm³/mol.